The number of carbonyl (C=O) groups is 1. The normalized spacial score (nSPS) is 10.5. The third-order valence-electron chi connectivity index (χ3n) is 4.55. The first-order valence-corrected chi connectivity index (χ1v) is 9.31. The van der Waals surface area contributed by atoms with Gasteiger partial charge in [-0.25, -0.2) is 4.98 Å². The van der Waals surface area contributed by atoms with Gasteiger partial charge >= 0.3 is 5.88 Å². The molecule has 0 aliphatic rings. The third kappa shape index (κ3) is 4.43. The smallest absolute Gasteiger partial charge is 0.433 e. The molecule has 0 aliphatic heterocycles. The zero-order valence-electron chi connectivity index (χ0n) is 16.4. The minimum Gasteiger partial charge on any atom is -0.497 e. The number of furan rings is 1. The van der Waals surface area contributed by atoms with Gasteiger partial charge in [-0.05, 0) is 54.6 Å². The topological polar surface area (TPSA) is 108 Å². The summed E-state index contributed by atoms with van der Waals surface area (Å²) in [5.74, 6) is -0.439. The first kappa shape index (κ1) is 19.8. The highest BCUT2D eigenvalue weighted by Crippen LogP contribution is 2.26. The molecule has 154 valence electrons. The summed E-state index contributed by atoms with van der Waals surface area (Å²) in [5.41, 5.74) is 3.80. The number of nitrogens with zero attached hydrogens (tertiary/aromatic N) is 2. The maximum absolute atomic E-state index is 12.3. The van der Waals surface area contributed by atoms with Gasteiger partial charge in [0, 0.05) is 16.8 Å². The third-order valence-corrected chi connectivity index (χ3v) is 4.55. The van der Waals surface area contributed by atoms with Gasteiger partial charge in [0.25, 0.3) is 5.91 Å². The Bertz CT molecular complexity index is 1250. The number of methoxy groups -OCH3 is 1. The Balaban J connectivity index is 1.56. The van der Waals surface area contributed by atoms with Crippen molar-refractivity contribution in [3.63, 3.8) is 0 Å². The Morgan fingerprint density at radius 2 is 1.68 bits per heavy atom. The number of hydrogen-bond acceptors (Lipinski definition) is 6. The van der Waals surface area contributed by atoms with Crippen LogP contribution in [-0.2, 0) is 0 Å². The largest absolute Gasteiger partial charge is 0.497 e. The molecule has 0 aliphatic carbocycles. The number of nitro groups is 1. The standard InChI is InChI=1S/C23H17N3O5/c1-30-18-10-8-15(9-11-18)19-6-3-7-20(25-19)16-4-2-5-17(14-16)24-23(27)21-12-13-22(31-21)26(28)29/h2-14H,1H3,(H,24,27). The van der Waals surface area contributed by atoms with Gasteiger partial charge in [0.1, 0.15) is 10.7 Å². The molecule has 0 saturated carbocycles. The van der Waals surface area contributed by atoms with Crippen LogP contribution >= 0.6 is 0 Å². The van der Waals surface area contributed by atoms with E-state index in [2.05, 4.69) is 5.32 Å². The van der Waals surface area contributed by atoms with Crippen molar-refractivity contribution in [1.29, 1.82) is 0 Å². The van der Waals surface area contributed by atoms with Crippen LogP contribution in [0.1, 0.15) is 10.6 Å². The van der Waals surface area contributed by atoms with Crippen molar-refractivity contribution in [3.05, 3.63) is 94.7 Å². The summed E-state index contributed by atoms with van der Waals surface area (Å²) in [6.45, 7) is 0. The van der Waals surface area contributed by atoms with Gasteiger partial charge in [-0.2, -0.15) is 0 Å². The van der Waals surface area contributed by atoms with Gasteiger partial charge in [-0.15, -0.1) is 0 Å². The Labute approximate surface area is 177 Å². The van der Waals surface area contributed by atoms with Crippen molar-refractivity contribution < 1.29 is 18.9 Å². The highest BCUT2D eigenvalue weighted by atomic mass is 16.6. The fourth-order valence-electron chi connectivity index (χ4n) is 3.01. The molecule has 0 bridgehead atoms. The minimum atomic E-state index is -0.696. The maximum atomic E-state index is 12.3. The van der Waals surface area contributed by atoms with Crippen LogP contribution in [0.3, 0.4) is 0 Å². The molecule has 8 heteroatoms. The van der Waals surface area contributed by atoms with Crippen LogP contribution < -0.4 is 10.1 Å². The number of hydrogen-bond donors (Lipinski definition) is 1. The molecular formula is C23H17N3O5. The number of anilines is 1. The van der Waals surface area contributed by atoms with E-state index >= 15 is 0 Å². The Morgan fingerprint density at radius 1 is 0.968 bits per heavy atom. The lowest BCUT2D eigenvalue weighted by Crippen LogP contribution is -2.10. The molecule has 0 atom stereocenters. The number of carbonyl (C=O) groups excluding carboxylic acids is 1. The number of nitrogens with one attached hydrogen (secondary N) is 1. The summed E-state index contributed by atoms with van der Waals surface area (Å²) in [7, 11) is 1.62. The van der Waals surface area contributed by atoms with Gasteiger partial charge in [-0.3, -0.25) is 14.9 Å². The molecular weight excluding hydrogens is 398 g/mol. The molecule has 0 saturated heterocycles. The predicted octanol–water partition coefficient (Wildman–Crippen LogP) is 5.18. The predicted molar refractivity (Wildman–Crippen MR) is 115 cm³/mol. The summed E-state index contributed by atoms with van der Waals surface area (Å²) < 4.78 is 10.1. The van der Waals surface area contributed by atoms with E-state index in [1.165, 1.54) is 6.07 Å². The number of benzene rings is 2. The number of ether oxygens (including phenoxy) is 1. The fraction of sp³-hybridized carbons (Fsp3) is 0.0435. The van der Waals surface area contributed by atoms with E-state index in [9.17, 15) is 14.9 Å². The number of aromatic nitrogens is 1. The second-order valence-electron chi connectivity index (χ2n) is 6.57. The van der Waals surface area contributed by atoms with Gasteiger partial charge in [0.05, 0.1) is 24.6 Å². The van der Waals surface area contributed by atoms with Crippen molar-refractivity contribution in [2.75, 3.05) is 12.4 Å². The molecule has 8 nitrogen and oxygen atoms in total. The van der Waals surface area contributed by atoms with Crippen LogP contribution in [0.5, 0.6) is 5.75 Å². The summed E-state index contributed by atoms with van der Waals surface area (Å²) >= 11 is 0. The first-order chi connectivity index (χ1) is 15.0. The molecule has 1 N–H and O–H groups in total. The quantitative estimate of drug-likeness (QED) is 0.343. The second-order valence-corrected chi connectivity index (χ2v) is 6.57. The van der Waals surface area contributed by atoms with Gasteiger partial charge in [0.2, 0.25) is 0 Å². The van der Waals surface area contributed by atoms with Crippen molar-refractivity contribution >= 4 is 17.5 Å². The zero-order chi connectivity index (χ0) is 21.8. The second kappa shape index (κ2) is 8.50. The van der Waals surface area contributed by atoms with E-state index in [1.54, 1.807) is 25.3 Å². The Morgan fingerprint density at radius 3 is 2.35 bits per heavy atom. The monoisotopic (exact) mass is 415 g/mol. The summed E-state index contributed by atoms with van der Waals surface area (Å²) in [4.78, 5) is 27.1. The average Bonchev–Trinajstić information content (AvgIpc) is 3.30. The van der Waals surface area contributed by atoms with E-state index in [4.69, 9.17) is 14.1 Å². The molecule has 0 radical (unpaired) electrons. The van der Waals surface area contributed by atoms with Crippen LogP contribution in [0.25, 0.3) is 22.5 Å². The molecule has 31 heavy (non-hydrogen) atoms. The molecule has 2 aromatic carbocycles. The van der Waals surface area contributed by atoms with Crippen molar-refractivity contribution in [1.82, 2.24) is 4.98 Å². The summed E-state index contributed by atoms with van der Waals surface area (Å²) in [6.07, 6.45) is 0. The molecule has 2 aromatic heterocycles. The van der Waals surface area contributed by atoms with Crippen LogP contribution in [0.2, 0.25) is 0 Å². The van der Waals surface area contributed by atoms with Crippen LogP contribution in [0.4, 0.5) is 11.6 Å². The van der Waals surface area contributed by atoms with E-state index < -0.39 is 16.7 Å². The van der Waals surface area contributed by atoms with Crippen LogP contribution in [0.15, 0.2) is 83.3 Å². The maximum Gasteiger partial charge on any atom is 0.433 e. The summed E-state index contributed by atoms with van der Waals surface area (Å²) in [5, 5.41) is 13.4. The SMILES string of the molecule is COc1ccc(-c2cccc(-c3cccc(NC(=O)c4ccc([N+](=O)[O-])o4)c3)n2)cc1. The lowest BCUT2D eigenvalue weighted by atomic mass is 10.1. The molecule has 2 heterocycles. The number of rotatable bonds is 6. The fourth-order valence-corrected chi connectivity index (χ4v) is 3.01. The Kier molecular flexibility index (Phi) is 5.44. The van der Waals surface area contributed by atoms with Crippen molar-refractivity contribution in [2.45, 2.75) is 0 Å². The minimum absolute atomic E-state index is 0.142. The van der Waals surface area contributed by atoms with Crippen molar-refractivity contribution in [3.8, 4) is 28.3 Å². The number of pyridine rings is 1. The molecule has 4 aromatic rings. The average molecular weight is 415 g/mol. The molecule has 0 unspecified atom stereocenters. The lowest BCUT2D eigenvalue weighted by Gasteiger charge is -2.08. The molecule has 0 fully saturated rings. The van der Waals surface area contributed by atoms with Crippen LogP contribution in [-0.4, -0.2) is 22.9 Å². The Hall–Kier alpha value is -4.46. The molecule has 4 rings (SSSR count). The van der Waals surface area contributed by atoms with Crippen molar-refractivity contribution in [2.24, 2.45) is 0 Å². The van der Waals surface area contributed by atoms with Gasteiger partial charge in [0.15, 0.2) is 5.76 Å². The van der Waals surface area contributed by atoms with E-state index in [1.807, 2.05) is 48.5 Å². The molecule has 1 amide bonds. The van der Waals surface area contributed by atoms with Gasteiger partial charge < -0.3 is 14.5 Å². The first-order valence-electron chi connectivity index (χ1n) is 9.31. The zero-order valence-corrected chi connectivity index (χ0v) is 16.4. The van der Waals surface area contributed by atoms with E-state index in [0.717, 1.165) is 34.3 Å². The summed E-state index contributed by atoms with van der Waals surface area (Å²) in [6, 6.07) is 22.9. The lowest BCUT2D eigenvalue weighted by molar-refractivity contribution is -0.402. The molecule has 0 spiro atoms. The van der Waals surface area contributed by atoms with E-state index in [0.29, 0.717) is 5.69 Å². The highest BCUT2D eigenvalue weighted by Gasteiger charge is 2.17. The van der Waals surface area contributed by atoms with Crippen LogP contribution in [0, 0.1) is 10.1 Å². The van der Waals surface area contributed by atoms with E-state index in [-0.39, 0.29) is 5.76 Å². The number of amides is 1. The van der Waals surface area contributed by atoms with Gasteiger partial charge in [-0.1, -0.05) is 18.2 Å². The highest BCUT2D eigenvalue weighted by molar-refractivity contribution is 6.02.